The number of nitrogens with two attached hydrogens (primary N) is 1. The third-order valence-corrected chi connectivity index (χ3v) is 6.24. The first kappa shape index (κ1) is 26.9. The highest BCUT2D eigenvalue weighted by atomic mass is 16.6. The minimum Gasteiger partial charge on any atom is -0.444 e. The monoisotopic (exact) mass is 491 g/mol. The molecule has 1 aliphatic heterocycles. The fraction of sp³-hybridized carbons (Fsp3) is 0.429. The van der Waals surface area contributed by atoms with E-state index in [4.69, 9.17) is 20.5 Å². The number of primary amides is 1. The number of nitrogens with one attached hydrogen (secondary N) is 1. The SMILES string of the molecule is CC(C)(C)OC(=O)NC1(C(=O)C[C@@H](Cc2ccc(-c3ccc(C#N)cc3)cc2)C(N)=O)CCOCC1. The van der Waals surface area contributed by atoms with Crippen LogP contribution >= 0.6 is 0 Å². The summed E-state index contributed by atoms with van der Waals surface area (Å²) in [5, 5.41) is 11.7. The number of hydrogen-bond acceptors (Lipinski definition) is 6. The maximum Gasteiger partial charge on any atom is 0.408 e. The summed E-state index contributed by atoms with van der Waals surface area (Å²) in [6, 6.07) is 17.0. The van der Waals surface area contributed by atoms with Crippen LogP contribution in [0, 0.1) is 17.2 Å². The van der Waals surface area contributed by atoms with Gasteiger partial charge in [0.1, 0.15) is 11.1 Å². The number of amides is 2. The summed E-state index contributed by atoms with van der Waals surface area (Å²) >= 11 is 0. The van der Waals surface area contributed by atoms with E-state index in [9.17, 15) is 14.4 Å². The van der Waals surface area contributed by atoms with E-state index >= 15 is 0 Å². The Balaban J connectivity index is 1.72. The molecule has 3 N–H and O–H groups in total. The number of rotatable bonds is 8. The number of ether oxygens (including phenoxy) is 2. The molecule has 0 spiro atoms. The van der Waals surface area contributed by atoms with Crippen LogP contribution in [0.4, 0.5) is 4.79 Å². The van der Waals surface area contributed by atoms with E-state index in [0.717, 1.165) is 16.7 Å². The molecule has 0 unspecified atom stereocenters. The van der Waals surface area contributed by atoms with Crippen LogP contribution in [0.1, 0.15) is 51.2 Å². The van der Waals surface area contributed by atoms with Gasteiger partial charge in [0.25, 0.3) is 0 Å². The molecule has 0 aliphatic carbocycles. The fourth-order valence-electron chi connectivity index (χ4n) is 4.24. The third kappa shape index (κ3) is 7.15. The molecule has 0 bridgehead atoms. The summed E-state index contributed by atoms with van der Waals surface area (Å²) in [6.07, 6.45) is 0.133. The maximum atomic E-state index is 13.5. The van der Waals surface area contributed by atoms with Gasteiger partial charge in [0, 0.05) is 38.4 Å². The van der Waals surface area contributed by atoms with Crippen molar-refractivity contribution in [2.45, 2.75) is 57.6 Å². The number of benzene rings is 2. The van der Waals surface area contributed by atoms with E-state index < -0.39 is 29.1 Å². The van der Waals surface area contributed by atoms with Gasteiger partial charge < -0.3 is 20.5 Å². The Morgan fingerprint density at radius 3 is 2.11 bits per heavy atom. The van der Waals surface area contributed by atoms with Gasteiger partial charge >= 0.3 is 6.09 Å². The maximum absolute atomic E-state index is 13.5. The van der Waals surface area contributed by atoms with Crippen molar-refractivity contribution in [2.24, 2.45) is 11.7 Å². The number of Topliss-reactive ketones (excluding diaryl/α,β-unsaturated/α-hetero) is 1. The van der Waals surface area contributed by atoms with Crippen LogP contribution in [0.2, 0.25) is 0 Å². The molecule has 1 saturated heterocycles. The highest BCUT2D eigenvalue weighted by molar-refractivity contribution is 5.94. The summed E-state index contributed by atoms with van der Waals surface area (Å²) in [7, 11) is 0. The minimum absolute atomic E-state index is 0.0947. The standard InChI is InChI=1S/C28H33N3O5/c1-27(2,3)36-26(34)31-28(12-14-35-15-13-28)24(32)17-23(25(30)33)16-19-4-8-21(9-5-19)22-10-6-20(18-29)7-11-22/h4-11,23H,12-17H2,1-3H3,(H2,30,33)(H,31,34)/t23-/m1/s1. The molecule has 8 heteroatoms. The Labute approximate surface area is 211 Å². The first-order chi connectivity index (χ1) is 17.0. The van der Waals surface area contributed by atoms with Crippen LogP contribution in [0.25, 0.3) is 11.1 Å². The molecule has 8 nitrogen and oxygen atoms in total. The van der Waals surface area contributed by atoms with Crippen molar-refractivity contribution in [1.82, 2.24) is 5.32 Å². The summed E-state index contributed by atoms with van der Waals surface area (Å²) in [6.45, 7) is 5.89. The van der Waals surface area contributed by atoms with Crippen molar-refractivity contribution in [3.8, 4) is 17.2 Å². The molecule has 2 amide bonds. The number of carbonyl (C=O) groups is 3. The Bertz CT molecular complexity index is 1120. The van der Waals surface area contributed by atoms with Crippen LogP contribution < -0.4 is 11.1 Å². The molecular formula is C28H33N3O5. The van der Waals surface area contributed by atoms with Crippen LogP contribution in [0.3, 0.4) is 0 Å². The normalized spacial score (nSPS) is 15.8. The zero-order chi connectivity index (χ0) is 26.3. The largest absolute Gasteiger partial charge is 0.444 e. The van der Waals surface area contributed by atoms with Crippen LogP contribution in [0.5, 0.6) is 0 Å². The predicted molar refractivity (Wildman–Crippen MR) is 135 cm³/mol. The quantitative estimate of drug-likeness (QED) is 0.576. The van der Waals surface area contributed by atoms with E-state index in [1.54, 1.807) is 32.9 Å². The van der Waals surface area contributed by atoms with Gasteiger partial charge in [-0.15, -0.1) is 0 Å². The molecular weight excluding hydrogens is 458 g/mol. The van der Waals surface area contributed by atoms with Gasteiger partial charge in [-0.1, -0.05) is 36.4 Å². The van der Waals surface area contributed by atoms with Crippen molar-refractivity contribution in [1.29, 1.82) is 5.26 Å². The molecule has 3 rings (SSSR count). The Morgan fingerprint density at radius 1 is 1.06 bits per heavy atom. The molecule has 1 fully saturated rings. The molecule has 2 aromatic carbocycles. The van der Waals surface area contributed by atoms with Gasteiger partial charge in [-0.25, -0.2) is 4.79 Å². The Morgan fingerprint density at radius 2 is 1.61 bits per heavy atom. The van der Waals surface area contributed by atoms with Crippen molar-refractivity contribution >= 4 is 17.8 Å². The topological polar surface area (TPSA) is 132 Å². The molecule has 1 atom stereocenters. The first-order valence-corrected chi connectivity index (χ1v) is 12.0. The van der Waals surface area contributed by atoms with Gasteiger partial charge in [-0.2, -0.15) is 5.26 Å². The van der Waals surface area contributed by atoms with E-state index in [1.165, 1.54) is 0 Å². The highest BCUT2D eigenvalue weighted by Crippen LogP contribution is 2.28. The van der Waals surface area contributed by atoms with E-state index in [-0.39, 0.29) is 12.2 Å². The zero-order valence-corrected chi connectivity index (χ0v) is 21.0. The molecule has 36 heavy (non-hydrogen) atoms. The van der Waals surface area contributed by atoms with Crippen molar-refractivity contribution < 1.29 is 23.9 Å². The van der Waals surface area contributed by atoms with Crippen LogP contribution in [-0.4, -0.2) is 42.1 Å². The molecule has 0 saturated carbocycles. The lowest BCUT2D eigenvalue weighted by atomic mass is 9.80. The number of carbonyl (C=O) groups excluding carboxylic acids is 3. The molecule has 2 aromatic rings. The minimum atomic E-state index is -1.16. The molecule has 1 heterocycles. The van der Waals surface area contributed by atoms with E-state index in [2.05, 4.69) is 11.4 Å². The molecule has 0 radical (unpaired) electrons. The summed E-state index contributed by atoms with van der Waals surface area (Å²) in [5.74, 6) is -1.55. The lowest BCUT2D eigenvalue weighted by Crippen LogP contribution is -2.58. The van der Waals surface area contributed by atoms with E-state index in [0.29, 0.717) is 38.0 Å². The fourth-order valence-corrected chi connectivity index (χ4v) is 4.24. The second-order valence-corrected chi connectivity index (χ2v) is 10.1. The Kier molecular flexibility index (Phi) is 8.49. The summed E-state index contributed by atoms with van der Waals surface area (Å²) in [5.41, 5.74) is 7.21. The summed E-state index contributed by atoms with van der Waals surface area (Å²) < 4.78 is 10.8. The lowest BCUT2D eigenvalue weighted by molar-refractivity contribution is -0.133. The van der Waals surface area contributed by atoms with Gasteiger partial charge in [-0.05, 0) is 56.0 Å². The first-order valence-electron chi connectivity index (χ1n) is 12.0. The average Bonchev–Trinajstić information content (AvgIpc) is 2.83. The van der Waals surface area contributed by atoms with Gasteiger partial charge in [-0.3, -0.25) is 9.59 Å². The second kappa shape index (κ2) is 11.4. The third-order valence-electron chi connectivity index (χ3n) is 6.24. The van der Waals surface area contributed by atoms with Gasteiger partial charge in [0.2, 0.25) is 5.91 Å². The second-order valence-electron chi connectivity index (χ2n) is 10.1. The van der Waals surface area contributed by atoms with Crippen molar-refractivity contribution in [3.05, 3.63) is 59.7 Å². The van der Waals surface area contributed by atoms with Crippen LogP contribution in [-0.2, 0) is 25.5 Å². The van der Waals surface area contributed by atoms with Crippen LogP contribution in [0.15, 0.2) is 48.5 Å². The highest BCUT2D eigenvalue weighted by Gasteiger charge is 2.43. The Hall–Kier alpha value is -3.70. The number of alkyl carbamates (subject to hydrolysis) is 1. The number of ketones is 1. The van der Waals surface area contributed by atoms with Crippen molar-refractivity contribution in [2.75, 3.05) is 13.2 Å². The molecule has 1 aliphatic rings. The average molecular weight is 492 g/mol. The predicted octanol–water partition coefficient (Wildman–Crippen LogP) is 3.90. The smallest absolute Gasteiger partial charge is 0.408 e. The lowest BCUT2D eigenvalue weighted by Gasteiger charge is -2.37. The van der Waals surface area contributed by atoms with Gasteiger partial charge in [0.15, 0.2) is 5.78 Å². The van der Waals surface area contributed by atoms with E-state index in [1.807, 2.05) is 36.4 Å². The molecule has 0 aromatic heterocycles. The molecule has 190 valence electrons. The summed E-state index contributed by atoms with van der Waals surface area (Å²) in [4.78, 5) is 38.3. The van der Waals surface area contributed by atoms with Gasteiger partial charge in [0.05, 0.1) is 11.6 Å². The number of nitrogens with zero attached hydrogens (tertiary/aromatic N) is 1. The number of nitriles is 1. The van der Waals surface area contributed by atoms with Crippen molar-refractivity contribution in [3.63, 3.8) is 0 Å². The number of hydrogen-bond donors (Lipinski definition) is 2. The zero-order valence-electron chi connectivity index (χ0n) is 21.0.